The van der Waals surface area contributed by atoms with Crippen LogP contribution in [0.2, 0.25) is 0 Å². The molecule has 1 aromatic heterocycles. The van der Waals surface area contributed by atoms with Gasteiger partial charge in [-0.2, -0.15) is 0 Å². The van der Waals surface area contributed by atoms with Crippen molar-refractivity contribution in [1.82, 2.24) is 25.0 Å². The molecule has 6 heterocycles. The van der Waals surface area contributed by atoms with E-state index in [1.54, 1.807) is 18.3 Å². The number of benzene rings is 1. The molecule has 4 unspecified atom stereocenters. The first-order valence-electron chi connectivity index (χ1n) is 16.1. The molecular formula is C33H39N7O5. The number of primary amides is 1. The topological polar surface area (TPSA) is 149 Å². The number of anilines is 1. The summed E-state index contributed by atoms with van der Waals surface area (Å²) in [4.78, 5) is 74.9. The van der Waals surface area contributed by atoms with E-state index in [0.717, 1.165) is 81.4 Å². The number of nitrogens with zero attached hydrogens (tertiary/aromatic N) is 5. The number of nitrogens with one attached hydrogen (secondary N) is 1. The van der Waals surface area contributed by atoms with Crippen molar-refractivity contribution in [2.45, 2.75) is 56.5 Å². The number of hydrogen-bond acceptors (Lipinski definition) is 9. The van der Waals surface area contributed by atoms with Crippen LogP contribution >= 0.6 is 0 Å². The highest BCUT2D eigenvalue weighted by Crippen LogP contribution is 2.34. The zero-order chi connectivity index (χ0) is 31.2. The van der Waals surface area contributed by atoms with Crippen LogP contribution in [0, 0.1) is 5.92 Å². The summed E-state index contributed by atoms with van der Waals surface area (Å²) in [5.74, 6) is -0.587. The number of pyridine rings is 1. The van der Waals surface area contributed by atoms with Gasteiger partial charge in [0.15, 0.2) is 0 Å². The molecule has 0 bridgehead atoms. The molecule has 2 aromatic rings. The molecule has 4 saturated heterocycles. The molecule has 3 N–H and O–H groups in total. The minimum atomic E-state index is -0.951. The average Bonchev–Trinajstić information content (AvgIpc) is 3.29. The molecule has 12 heteroatoms. The summed E-state index contributed by atoms with van der Waals surface area (Å²) in [5.41, 5.74) is 7.53. The summed E-state index contributed by atoms with van der Waals surface area (Å²) in [5, 5.41) is 2.25. The van der Waals surface area contributed by atoms with Crippen LogP contribution in [-0.4, -0.2) is 107 Å². The summed E-state index contributed by atoms with van der Waals surface area (Å²) < 4.78 is 0. The molecule has 7 rings (SSSR count). The van der Waals surface area contributed by atoms with Crippen molar-refractivity contribution < 1.29 is 24.0 Å². The van der Waals surface area contributed by atoms with Crippen LogP contribution in [0.1, 0.15) is 81.1 Å². The summed E-state index contributed by atoms with van der Waals surface area (Å²) in [6.45, 7) is 6.92. The smallest absolute Gasteiger partial charge is 0.262 e. The normalized spacial score (nSPS) is 27.7. The summed E-state index contributed by atoms with van der Waals surface area (Å²) in [7, 11) is 0. The number of piperazine rings is 1. The molecule has 5 aliphatic rings. The lowest BCUT2D eigenvalue weighted by atomic mass is 9.87. The zero-order valence-corrected chi connectivity index (χ0v) is 25.3. The van der Waals surface area contributed by atoms with Crippen molar-refractivity contribution in [3.8, 4) is 0 Å². The lowest BCUT2D eigenvalue weighted by Crippen LogP contribution is -2.57. The monoisotopic (exact) mass is 613 g/mol. The molecule has 1 aromatic carbocycles. The predicted octanol–water partition coefficient (Wildman–Crippen LogP) is 1.36. The fourth-order valence-corrected chi connectivity index (χ4v) is 7.94. The quantitative estimate of drug-likeness (QED) is 0.461. The minimum absolute atomic E-state index is 0.108. The Morgan fingerprint density at radius 2 is 1.76 bits per heavy atom. The van der Waals surface area contributed by atoms with E-state index in [0.29, 0.717) is 28.7 Å². The number of carbonyl (C=O) groups excluding carboxylic acids is 5. The molecule has 0 spiro atoms. The molecule has 0 radical (unpaired) electrons. The van der Waals surface area contributed by atoms with Gasteiger partial charge in [-0.25, -0.2) is 4.98 Å². The van der Waals surface area contributed by atoms with Gasteiger partial charge in [-0.15, -0.1) is 0 Å². The first kappa shape index (κ1) is 29.5. The minimum Gasteiger partial charge on any atom is -0.366 e. The Bertz CT molecular complexity index is 1540. The van der Waals surface area contributed by atoms with Crippen molar-refractivity contribution in [3.63, 3.8) is 0 Å². The van der Waals surface area contributed by atoms with Crippen molar-refractivity contribution in [2.75, 3.05) is 50.7 Å². The second-order valence-corrected chi connectivity index (χ2v) is 13.2. The number of piperidine rings is 3. The van der Waals surface area contributed by atoms with Crippen LogP contribution in [0.25, 0.3) is 0 Å². The molecule has 236 valence electrons. The van der Waals surface area contributed by atoms with Gasteiger partial charge < -0.3 is 15.5 Å². The Morgan fingerprint density at radius 3 is 2.53 bits per heavy atom. The number of carbonyl (C=O) groups is 5. The Kier molecular flexibility index (Phi) is 7.86. The van der Waals surface area contributed by atoms with Gasteiger partial charge in [0.25, 0.3) is 11.8 Å². The SMILES string of the molecule is NC(=O)c1ccc(N2CCN3CC(CN4CCCC(c5ccc6c(c5)C(=O)N(C5CCC(=O)NC5=O)C6=O)C4)CCC3C2)nc1. The molecule has 45 heavy (non-hydrogen) atoms. The van der Waals surface area contributed by atoms with Crippen LogP contribution in [0.5, 0.6) is 0 Å². The Labute approximate surface area is 261 Å². The third-order valence-corrected chi connectivity index (χ3v) is 10.3. The molecular weight excluding hydrogens is 574 g/mol. The average molecular weight is 614 g/mol. The third kappa shape index (κ3) is 5.72. The first-order valence-corrected chi connectivity index (χ1v) is 16.1. The van der Waals surface area contributed by atoms with Crippen molar-refractivity contribution in [3.05, 3.63) is 58.8 Å². The Balaban J connectivity index is 0.949. The molecule has 5 amide bonds. The van der Waals surface area contributed by atoms with E-state index in [9.17, 15) is 24.0 Å². The summed E-state index contributed by atoms with van der Waals surface area (Å²) in [6.07, 6.45) is 6.24. The van der Waals surface area contributed by atoms with Gasteiger partial charge in [0, 0.05) is 57.9 Å². The second-order valence-electron chi connectivity index (χ2n) is 13.2. The van der Waals surface area contributed by atoms with Crippen molar-refractivity contribution in [1.29, 1.82) is 0 Å². The van der Waals surface area contributed by atoms with Gasteiger partial charge >= 0.3 is 0 Å². The molecule has 0 aliphatic carbocycles. The number of nitrogens with two attached hydrogens (primary N) is 1. The van der Waals surface area contributed by atoms with Crippen LogP contribution in [0.15, 0.2) is 36.5 Å². The van der Waals surface area contributed by atoms with Crippen LogP contribution in [-0.2, 0) is 9.59 Å². The van der Waals surface area contributed by atoms with Crippen molar-refractivity contribution in [2.24, 2.45) is 11.7 Å². The third-order valence-electron chi connectivity index (χ3n) is 10.3. The van der Waals surface area contributed by atoms with Crippen LogP contribution < -0.4 is 16.0 Å². The van der Waals surface area contributed by atoms with Gasteiger partial charge in [0.2, 0.25) is 17.7 Å². The highest BCUT2D eigenvalue weighted by molar-refractivity contribution is 6.23. The van der Waals surface area contributed by atoms with E-state index in [2.05, 4.69) is 25.0 Å². The number of likely N-dealkylation sites (tertiary alicyclic amines) is 1. The number of aromatic nitrogens is 1. The van der Waals surface area contributed by atoms with Crippen molar-refractivity contribution >= 4 is 35.4 Å². The summed E-state index contributed by atoms with van der Waals surface area (Å²) >= 11 is 0. The largest absolute Gasteiger partial charge is 0.366 e. The van der Waals surface area contributed by atoms with Gasteiger partial charge in [-0.05, 0) is 80.3 Å². The number of rotatable bonds is 6. The maximum atomic E-state index is 13.4. The van der Waals surface area contributed by atoms with E-state index >= 15 is 0 Å². The van der Waals surface area contributed by atoms with Gasteiger partial charge in [0.05, 0.1) is 16.7 Å². The predicted molar refractivity (Wildman–Crippen MR) is 165 cm³/mol. The van der Waals surface area contributed by atoms with E-state index < -0.39 is 29.7 Å². The van der Waals surface area contributed by atoms with Gasteiger partial charge in [0.1, 0.15) is 11.9 Å². The maximum absolute atomic E-state index is 13.4. The second kappa shape index (κ2) is 12.0. The molecule has 12 nitrogen and oxygen atoms in total. The highest BCUT2D eigenvalue weighted by atomic mass is 16.2. The molecule has 4 atom stereocenters. The van der Waals surface area contributed by atoms with Crippen LogP contribution in [0.3, 0.4) is 0 Å². The summed E-state index contributed by atoms with van der Waals surface area (Å²) in [6, 6.07) is 8.73. The molecule has 4 fully saturated rings. The number of imide groups is 2. The standard InChI is InChI=1S/C33H39N7O5/c34-30(42)22-5-9-28(35-15-22)39-13-12-38-17-20(3-6-24(38)19-39)16-37-11-1-2-23(18-37)21-4-7-25-26(14-21)33(45)40(32(25)44)27-8-10-29(41)36-31(27)43/h4-5,7,9,14-15,20,23-24,27H,1-3,6,8,10-13,16-19H2,(H2,34,42)(H,36,41,43). The zero-order valence-electron chi connectivity index (χ0n) is 25.3. The van der Waals surface area contributed by atoms with E-state index in [1.807, 2.05) is 18.2 Å². The van der Waals surface area contributed by atoms with E-state index in [4.69, 9.17) is 5.73 Å². The number of hydrogen-bond donors (Lipinski definition) is 2. The number of amides is 5. The molecule has 5 aliphatic heterocycles. The van der Waals surface area contributed by atoms with E-state index in [1.165, 1.54) is 6.42 Å². The highest BCUT2D eigenvalue weighted by Gasteiger charge is 2.45. The fraction of sp³-hybridized carbons (Fsp3) is 0.515. The maximum Gasteiger partial charge on any atom is 0.262 e. The number of fused-ring (bicyclic) bond motifs is 2. The Morgan fingerprint density at radius 1 is 0.911 bits per heavy atom. The fourth-order valence-electron chi connectivity index (χ4n) is 7.94. The lowest BCUT2D eigenvalue weighted by Gasteiger charge is -2.47. The first-order chi connectivity index (χ1) is 21.7. The lowest BCUT2D eigenvalue weighted by molar-refractivity contribution is -0.136. The Hall–Kier alpha value is -4.16. The van der Waals surface area contributed by atoms with Gasteiger partial charge in [-0.3, -0.25) is 39.1 Å². The van der Waals surface area contributed by atoms with Gasteiger partial charge in [-0.1, -0.05) is 6.07 Å². The van der Waals surface area contributed by atoms with E-state index in [-0.39, 0.29) is 24.7 Å². The van der Waals surface area contributed by atoms with Crippen LogP contribution in [0.4, 0.5) is 5.82 Å². The molecule has 0 saturated carbocycles.